The summed E-state index contributed by atoms with van der Waals surface area (Å²) in [5.41, 5.74) is 2.70. The summed E-state index contributed by atoms with van der Waals surface area (Å²) in [6.45, 7) is 7.33. The van der Waals surface area contributed by atoms with Crippen molar-refractivity contribution in [2.45, 2.75) is 19.8 Å². The van der Waals surface area contributed by atoms with E-state index in [1.54, 1.807) is 0 Å². The molecule has 0 radical (unpaired) electrons. The van der Waals surface area contributed by atoms with Crippen LogP contribution in [-0.4, -0.2) is 69.2 Å². The largest absolute Gasteiger partial charge is 0.368 e. The molecule has 0 aliphatic carbocycles. The number of hydrogen-bond donors (Lipinski definition) is 1. The van der Waals surface area contributed by atoms with Gasteiger partial charge in [0.15, 0.2) is 0 Å². The van der Waals surface area contributed by atoms with Crippen LogP contribution in [0.1, 0.15) is 18.9 Å². The first-order chi connectivity index (χ1) is 11.1. The van der Waals surface area contributed by atoms with Crippen molar-refractivity contribution in [1.29, 1.82) is 0 Å². The second-order valence-corrected chi connectivity index (χ2v) is 6.35. The molecule has 128 valence electrons. The lowest BCUT2D eigenvalue weighted by Gasteiger charge is -2.37. The normalized spacial score (nSPS) is 15.1. The van der Waals surface area contributed by atoms with Crippen LogP contribution < -0.4 is 10.2 Å². The van der Waals surface area contributed by atoms with Crippen molar-refractivity contribution in [3.63, 3.8) is 0 Å². The summed E-state index contributed by atoms with van der Waals surface area (Å²) in [7, 11) is 4.10. The molecule has 1 heterocycles. The highest BCUT2D eigenvalue weighted by Gasteiger charge is 2.21. The molecule has 2 rings (SSSR count). The number of rotatable bonds is 6. The van der Waals surface area contributed by atoms with Crippen LogP contribution in [0.4, 0.5) is 10.5 Å². The van der Waals surface area contributed by atoms with Crippen LogP contribution in [0.2, 0.25) is 0 Å². The third kappa shape index (κ3) is 5.13. The fourth-order valence-corrected chi connectivity index (χ4v) is 2.97. The van der Waals surface area contributed by atoms with Gasteiger partial charge in [-0.25, -0.2) is 4.79 Å². The first-order valence-electron chi connectivity index (χ1n) is 8.62. The van der Waals surface area contributed by atoms with Crippen molar-refractivity contribution >= 4 is 11.7 Å². The molecule has 5 heteroatoms. The third-order valence-corrected chi connectivity index (χ3v) is 4.34. The zero-order chi connectivity index (χ0) is 16.7. The van der Waals surface area contributed by atoms with E-state index in [1.165, 1.54) is 11.3 Å². The highest BCUT2D eigenvalue weighted by atomic mass is 16.2. The Labute approximate surface area is 140 Å². The first-order valence-corrected chi connectivity index (χ1v) is 8.62. The number of carbonyl (C=O) groups is 1. The van der Waals surface area contributed by atoms with Gasteiger partial charge in [0.25, 0.3) is 0 Å². The molecule has 23 heavy (non-hydrogen) atoms. The van der Waals surface area contributed by atoms with Gasteiger partial charge in [0, 0.05) is 38.4 Å². The standard InChI is InChI=1S/C18H30N4O/c1-4-16-8-5-6-9-17(16)21-12-14-22(15-13-21)18(23)19-10-7-11-20(2)3/h5-6,8-9H,4,7,10-15H2,1-3H3,(H,19,23). The molecule has 1 aliphatic heterocycles. The number of amides is 2. The van der Waals surface area contributed by atoms with Crippen LogP contribution in [0.15, 0.2) is 24.3 Å². The number of anilines is 1. The molecule has 1 aromatic carbocycles. The number of para-hydroxylation sites is 1. The fourth-order valence-electron chi connectivity index (χ4n) is 2.97. The zero-order valence-corrected chi connectivity index (χ0v) is 14.7. The van der Waals surface area contributed by atoms with Crippen LogP contribution in [-0.2, 0) is 6.42 Å². The average molecular weight is 318 g/mol. The van der Waals surface area contributed by atoms with E-state index in [0.29, 0.717) is 0 Å². The molecular formula is C18H30N4O. The fraction of sp³-hybridized carbons (Fsp3) is 0.611. The number of nitrogens with zero attached hydrogens (tertiary/aromatic N) is 3. The minimum absolute atomic E-state index is 0.0761. The van der Waals surface area contributed by atoms with Gasteiger partial charge in [-0.1, -0.05) is 25.1 Å². The number of hydrogen-bond acceptors (Lipinski definition) is 3. The van der Waals surface area contributed by atoms with Gasteiger partial charge in [-0.2, -0.15) is 0 Å². The number of nitrogens with one attached hydrogen (secondary N) is 1. The zero-order valence-electron chi connectivity index (χ0n) is 14.7. The van der Waals surface area contributed by atoms with Crippen LogP contribution in [0.3, 0.4) is 0 Å². The van der Waals surface area contributed by atoms with Gasteiger partial charge < -0.3 is 20.0 Å². The molecule has 1 aromatic rings. The van der Waals surface area contributed by atoms with E-state index < -0.39 is 0 Å². The maximum absolute atomic E-state index is 12.2. The van der Waals surface area contributed by atoms with Gasteiger partial charge in [-0.3, -0.25) is 0 Å². The van der Waals surface area contributed by atoms with E-state index in [1.807, 2.05) is 4.90 Å². The Bertz CT molecular complexity index is 496. The molecule has 1 fully saturated rings. The molecule has 1 N–H and O–H groups in total. The van der Waals surface area contributed by atoms with Crippen LogP contribution in [0.5, 0.6) is 0 Å². The Morgan fingerprint density at radius 1 is 1.17 bits per heavy atom. The van der Waals surface area contributed by atoms with Crippen molar-refractivity contribution in [3.05, 3.63) is 29.8 Å². The minimum atomic E-state index is 0.0761. The maximum atomic E-state index is 12.2. The van der Waals surface area contributed by atoms with E-state index in [0.717, 1.165) is 52.1 Å². The summed E-state index contributed by atoms with van der Waals surface area (Å²) in [6, 6.07) is 8.65. The topological polar surface area (TPSA) is 38.8 Å². The second kappa shape index (κ2) is 8.77. The average Bonchev–Trinajstić information content (AvgIpc) is 2.58. The lowest BCUT2D eigenvalue weighted by atomic mass is 10.1. The monoisotopic (exact) mass is 318 g/mol. The van der Waals surface area contributed by atoms with Gasteiger partial charge >= 0.3 is 6.03 Å². The molecule has 2 amide bonds. The molecule has 0 atom stereocenters. The summed E-state index contributed by atoms with van der Waals surface area (Å²) in [5, 5.41) is 3.03. The molecule has 1 saturated heterocycles. The van der Waals surface area contributed by atoms with Gasteiger partial charge in [-0.05, 0) is 45.1 Å². The Morgan fingerprint density at radius 3 is 2.52 bits per heavy atom. The number of carbonyl (C=O) groups excluding carboxylic acids is 1. The van der Waals surface area contributed by atoms with Crippen LogP contribution in [0, 0.1) is 0 Å². The lowest BCUT2D eigenvalue weighted by molar-refractivity contribution is 0.194. The van der Waals surface area contributed by atoms with Crippen molar-refractivity contribution in [2.24, 2.45) is 0 Å². The SMILES string of the molecule is CCc1ccccc1N1CCN(C(=O)NCCCN(C)C)CC1. The van der Waals surface area contributed by atoms with E-state index >= 15 is 0 Å². The van der Waals surface area contributed by atoms with Crippen LogP contribution in [0.25, 0.3) is 0 Å². The van der Waals surface area contributed by atoms with Crippen molar-refractivity contribution in [1.82, 2.24) is 15.1 Å². The van der Waals surface area contributed by atoms with E-state index in [2.05, 4.69) is 60.4 Å². The molecule has 0 aromatic heterocycles. The number of urea groups is 1. The van der Waals surface area contributed by atoms with E-state index in [9.17, 15) is 4.79 Å². The highest BCUT2D eigenvalue weighted by molar-refractivity contribution is 5.74. The van der Waals surface area contributed by atoms with Gasteiger partial charge in [0.1, 0.15) is 0 Å². The minimum Gasteiger partial charge on any atom is -0.368 e. The molecule has 1 aliphatic rings. The van der Waals surface area contributed by atoms with Crippen LogP contribution >= 0.6 is 0 Å². The van der Waals surface area contributed by atoms with Crippen molar-refractivity contribution < 1.29 is 4.79 Å². The lowest BCUT2D eigenvalue weighted by Crippen LogP contribution is -2.52. The molecule has 0 saturated carbocycles. The van der Waals surface area contributed by atoms with Gasteiger partial charge in [0.2, 0.25) is 0 Å². The number of aryl methyl sites for hydroxylation is 1. The summed E-state index contributed by atoms with van der Waals surface area (Å²) >= 11 is 0. The molecular weight excluding hydrogens is 288 g/mol. The third-order valence-electron chi connectivity index (χ3n) is 4.34. The second-order valence-electron chi connectivity index (χ2n) is 6.35. The molecule has 0 unspecified atom stereocenters. The summed E-state index contributed by atoms with van der Waals surface area (Å²) < 4.78 is 0. The predicted octanol–water partition coefficient (Wildman–Crippen LogP) is 2.03. The smallest absolute Gasteiger partial charge is 0.317 e. The number of benzene rings is 1. The first kappa shape index (κ1) is 17.6. The predicted molar refractivity (Wildman–Crippen MR) is 96.2 cm³/mol. The summed E-state index contributed by atoms with van der Waals surface area (Å²) in [6.07, 6.45) is 2.03. The number of piperazine rings is 1. The summed E-state index contributed by atoms with van der Waals surface area (Å²) in [4.78, 5) is 18.7. The Hall–Kier alpha value is -1.75. The quantitative estimate of drug-likeness (QED) is 0.816. The highest BCUT2D eigenvalue weighted by Crippen LogP contribution is 2.22. The maximum Gasteiger partial charge on any atom is 0.317 e. The summed E-state index contributed by atoms with van der Waals surface area (Å²) in [5.74, 6) is 0. The van der Waals surface area contributed by atoms with E-state index in [-0.39, 0.29) is 6.03 Å². The Balaban J connectivity index is 1.78. The van der Waals surface area contributed by atoms with Crippen molar-refractivity contribution in [3.8, 4) is 0 Å². The van der Waals surface area contributed by atoms with Gasteiger partial charge in [0.05, 0.1) is 0 Å². The van der Waals surface area contributed by atoms with Gasteiger partial charge in [-0.15, -0.1) is 0 Å². The van der Waals surface area contributed by atoms with Crippen molar-refractivity contribution in [2.75, 3.05) is 58.3 Å². The van der Waals surface area contributed by atoms with E-state index in [4.69, 9.17) is 0 Å². The molecule has 5 nitrogen and oxygen atoms in total. The Kier molecular flexibility index (Phi) is 6.71. The molecule has 0 spiro atoms. The Morgan fingerprint density at radius 2 is 1.87 bits per heavy atom. The molecule has 0 bridgehead atoms.